The van der Waals surface area contributed by atoms with Crippen molar-refractivity contribution in [1.29, 1.82) is 0 Å². The first-order valence-corrected chi connectivity index (χ1v) is 6.01. The standard InChI is InChI=1S/C14H16N2O3/c1-8(13-9(2)16-19-10(13)3)15-12-6-4-5-11(7-12)14(17)18/h4-8,15H,1-3H3,(H,17,18). The largest absolute Gasteiger partial charge is 0.478 e. The fraction of sp³-hybridized carbons (Fsp3) is 0.286. The van der Waals surface area contributed by atoms with E-state index in [2.05, 4.69) is 10.5 Å². The van der Waals surface area contributed by atoms with Crippen molar-refractivity contribution in [3.05, 3.63) is 46.8 Å². The van der Waals surface area contributed by atoms with Gasteiger partial charge in [-0.2, -0.15) is 0 Å². The van der Waals surface area contributed by atoms with Crippen LogP contribution in [0.1, 0.15) is 40.3 Å². The number of nitrogens with zero attached hydrogens (tertiary/aromatic N) is 1. The summed E-state index contributed by atoms with van der Waals surface area (Å²) in [6.45, 7) is 5.73. The Bertz CT molecular complexity index is 585. The Morgan fingerprint density at radius 1 is 1.42 bits per heavy atom. The molecule has 0 saturated heterocycles. The minimum atomic E-state index is -0.936. The number of anilines is 1. The maximum atomic E-state index is 10.9. The SMILES string of the molecule is Cc1noc(C)c1C(C)Nc1cccc(C(=O)O)c1. The van der Waals surface area contributed by atoms with Crippen LogP contribution in [0.5, 0.6) is 0 Å². The topological polar surface area (TPSA) is 75.4 Å². The Kier molecular flexibility index (Phi) is 3.55. The van der Waals surface area contributed by atoms with E-state index in [1.54, 1.807) is 18.2 Å². The smallest absolute Gasteiger partial charge is 0.335 e. The number of hydrogen-bond donors (Lipinski definition) is 2. The van der Waals surface area contributed by atoms with Crippen LogP contribution < -0.4 is 5.32 Å². The van der Waals surface area contributed by atoms with E-state index >= 15 is 0 Å². The lowest BCUT2D eigenvalue weighted by atomic mass is 10.1. The predicted molar refractivity (Wildman–Crippen MR) is 71.4 cm³/mol. The second kappa shape index (κ2) is 5.14. The van der Waals surface area contributed by atoms with Crippen LogP contribution in [0.2, 0.25) is 0 Å². The molecule has 0 spiro atoms. The average molecular weight is 260 g/mol. The molecule has 5 heteroatoms. The van der Waals surface area contributed by atoms with Crippen LogP contribution in [0.25, 0.3) is 0 Å². The third kappa shape index (κ3) is 2.76. The number of aryl methyl sites for hydroxylation is 2. The first-order chi connectivity index (χ1) is 8.99. The molecule has 1 atom stereocenters. The van der Waals surface area contributed by atoms with Gasteiger partial charge in [0.05, 0.1) is 17.3 Å². The van der Waals surface area contributed by atoms with Crippen LogP contribution in [0.15, 0.2) is 28.8 Å². The summed E-state index contributed by atoms with van der Waals surface area (Å²) in [5.41, 5.74) is 2.86. The zero-order chi connectivity index (χ0) is 14.0. The van der Waals surface area contributed by atoms with Crippen LogP contribution in [0.4, 0.5) is 5.69 Å². The number of rotatable bonds is 4. The van der Waals surface area contributed by atoms with Gasteiger partial charge in [-0.1, -0.05) is 11.2 Å². The van der Waals surface area contributed by atoms with Gasteiger partial charge in [0.25, 0.3) is 0 Å². The molecule has 2 rings (SSSR count). The molecule has 0 aliphatic carbocycles. The summed E-state index contributed by atoms with van der Waals surface area (Å²) in [7, 11) is 0. The van der Waals surface area contributed by atoms with E-state index in [9.17, 15) is 4.79 Å². The molecule has 0 aliphatic rings. The minimum Gasteiger partial charge on any atom is -0.478 e. The van der Waals surface area contributed by atoms with Gasteiger partial charge in [0, 0.05) is 11.3 Å². The minimum absolute atomic E-state index is 0.00436. The van der Waals surface area contributed by atoms with Gasteiger partial charge >= 0.3 is 5.97 Å². The summed E-state index contributed by atoms with van der Waals surface area (Å²) in [5, 5.41) is 16.1. The molecule has 5 nitrogen and oxygen atoms in total. The van der Waals surface area contributed by atoms with E-state index in [0.29, 0.717) is 0 Å². The first kappa shape index (κ1) is 13.1. The molecule has 0 aliphatic heterocycles. The fourth-order valence-electron chi connectivity index (χ4n) is 2.17. The Morgan fingerprint density at radius 2 is 2.16 bits per heavy atom. The molecule has 0 bridgehead atoms. The normalized spacial score (nSPS) is 12.2. The Labute approximate surface area is 111 Å². The summed E-state index contributed by atoms with van der Waals surface area (Å²) in [5.74, 6) is -0.166. The number of carboxylic acids is 1. The highest BCUT2D eigenvalue weighted by Crippen LogP contribution is 2.25. The number of nitrogens with one attached hydrogen (secondary N) is 1. The molecule has 0 fully saturated rings. The third-order valence-corrected chi connectivity index (χ3v) is 3.01. The highest BCUT2D eigenvalue weighted by Gasteiger charge is 2.16. The summed E-state index contributed by atoms with van der Waals surface area (Å²) in [4.78, 5) is 10.9. The molecule has 0 amide bonds. The maximum absolute atomic E-state index is 10.9. The molecule has 2 aromatic rings. The maximum Gasteiger partial charge on any atom is 0.335 e. The third-order valence-electron chi connectivity index (χ3n) is 3.01. The molecular weight excluding hydrogens is 244 g/mol. The van der Waals surface area contributed by atoms with E-state index < -0.39 is 5.97 Å². The van der Waals surface area contributed by atoms with Gasteiger partial charge in [0.1, 0.15) is 5.76 Å². The van der Waals surface area contributed by atoms with E-state index in [1.807, 2.05) is 26.8 Å². The monoisotopic (exact) mass is 260 g/mol. The second-order valence-corrected chi connectivity index (χ2v) is 4.49. The number of aromatic nitrogens is 1. The Balaban J connectivity index is 2.22. The number of aromatic carboxylic acids is 1. The molecule has 1 aromatic heterocycles. The van der Waals surface area contributed by atoms with Gasteiger partial charge < -0.3 is 14.9 Å². The van der Waals surface area contributed by atoms with E-state index in [-0.39, 0.29) is 11.6 Å². The fourth-order valence-corrected chi connectivity index (χ4v) is 2.17. The van der Waals surface area contributed by atoms with Crippen molar-refractivity contribution >= 4 is 11.7 Å². The van der Waals surface area contributed by atoms with Gasteiger partial charge in [0.15, 0.2) is 0 Å². The predicted octanol–water partition coefficient (Wildman–Crippen LogP) is 3.16. The number of benzene rings is 1. The van der Waals surface area contributed by atoms with Gasteiger partial charge in [-0.3, -0.25) is 0 Å². The highest BCUT2D eigenvalue weighted by atomic mass is 16.5. The van der Waals surface area contributed by atoms with Crippen LogP contribution in [-0.4, -0.2) is 16.2 Å². The second-order valence-electron chi connectivity index (χ2n) is 4.49. The zero-order valence-corrected chi connectivity index (χ0v) is 11.1. The van der Waals surface area contributed by atoms with E-state index in [0.717, 1.165) is 22.7 Å². The Morgan fingerprint density at radius 3 is 2.74 bits per heavy atom. The van der Waals surface area contributed by atoms with E-state index in [4.69, 9.17) is 9.63 Å². The van der Waals surface area contributed by atoms with Crippen LogP contribution in [0.3, 0.4) is 0 Å². The summed E-state index contributed by atoms with van der Waals surface area (Å²) >= 11 is 0. The van der Waals surface area contributed by atoms with Crippen molar-refractivity contribution in [2.24, 2.45) is 0 Å². The molecule has 0 saturated carbocycles. The van der Waals surface area contributed by atoms with Gasteiger partial charge in [-0.25, -0.2) is 4.79 Å². The molecular formula is C14H16N2O3. The van der Waals surface area contributed by atoms with Crippen LogP contribution >= 0.6 is 0 Å². The van der Waals surface area contributed by atoms with Crippen molar-refractivity contribution in [3.8, 4) is 0 Å². The highest BCUT2D eigenvalue weighted by molar-refractivity contribution is 5.88. The van der Waals surface area contributed by atoms with Crippen LogP contribution in [0, 0.1) is 13.8 Å². The first-order valence-electron chi connectivity index (χ1n) is 6.01. The summed E-state index contributed by atoms with van der Waals surface area (Å²) in [6, 6.07) is 6.72. The summed E-state index contributed by atoms with van der Waals surface area (Å²) < 4.78 is 5.13. The van der Waals surface area contributed by atoms with Crippen molar-refractivity contribution in [3.63, 3.8) is 0 Å². The van der Waals surface area contributed by atoms with E-state index in [1.165, 1.54) is 0 Å². The Hall–Kier alpha value is -2.30. The van der Waals surface area contributed by atoms with Gasteiger partial charge in [0.2, 0.25) is 0 Å². The molecule has 100 valence electrons. The van der Waals surface area contributed by atoms with Crippen molar-refractivity contribution < 1.29 is 14.4 Å². The quantitative estimate of drug-likeness (QED) is 0.883. The van der Waals surface area contributed by atoms with Gasteiger partial charge in [-0.15, -0.1) is 0 Å². The molecule has 2 N–H and O–H groups in total. The summed E-state index contributed by atoms with van der Waals surface area (Å²) in [6.07, 6.45) is 0. The van der Waals surface area contributed by atoms with Crippen molar-refractivity contribution in [1.82, 2.24) is 5.16 Å². The number of carboxylic acid groups (broad SMARTS) is 1. The van der Waals surface area contributed by atoms with Crippen molar-refractivity contribution in [2.75, 3.05) is 5.32 Å². The number of hydrogen-bond acceptors (Lipinski definition) is 4. The zero-order valence-electron chi connectivity index (χ0n) is 11.1. The lowest BCUT2D eigenvalue weighted by molar-refractivity contribution is 0.0697. The molecule has 0 radical (unpaired) electrons. The molecule has 1 unspecified atom stereocenters. The van der Waals surface area contributed by atoms with Crippen molar-refractivity contribution in [2.45, 2.75) is 26.8 Å². The molecule has 1 aromatic carbocycles. The molecule has 1 heterocycles. The lowest BCUT2D eigenvalue weighted by Gasteiger charge is -2.15. The lowest BCUT2D eigenvalue weighted by Crippen LogP contribution is -2.09. The molecule has 19 heavy (non-hydrogen) atoms. The van der Waals surface area contributed by atoms with Crippen LogP contribution in [-0.2, 0) is 0 Å². The average Bonchev–Trinajstić information content (AvgIpc) is 2.69. The number of carbonyl (C=O) groups is 1. The van der Waals surface area contributed by atoms with Gasteiger partial charge in [-0.05, 0) is 39.0 Å².